The summed E-state index contributed by atoms with van der Waals surface area (Å²) in [5, 5.41) is 3.35. The minimum absolute atomic E-state index is 0.0399. The molecular weight excluding hydrogens is 239 g/mol. The van der Waals surface area contributed by atoms with E-state index in [9.17, 15) is 4.39 Å². The number of halogens is 1. The molecule has 0 amide bonds. The lowest BCUT2D eigenvalue weighted by atomic mass is 10.1. The van der Waals surface area contributed by atoms with Crippen LogP contribution in [0.1, 0.15) is 29.7 Å². The normalized spacial score (nSPS) is 12.2. The lowest BCUT2D eigenvalue weighted by Crippen LogP contribution is -2.07. The largest absolute Gasteiger partial charge is 0.399 e. The van der Waals surface area contributed by atoms with Crippen LogP contribution in [0.25, 0.3) is 0 Å². The molecule has 100 valence electrons. The molecule has 0 saturated heterocycles. The molecule has 3 N–H and O–H groups in total. The van der Waals surface area contributed by atoms with Crippen molar-refractivity contribution in [2.45, 2.75) is 26.8 Å². The predicted octanol–water partition coefficient (Wildman–Crippen LogP) is 4.20. The van der Waals surface area contributed by atoms with Gasteiger partial charge in [0.1, 0.15) is 5.82 Å². The molecule has 0 aliphatic heterocycles. The van der Waals surface area contributed by atoms with E-state index in [0.29, 0.717) is 5.56 Å². The van der Waals surface area contributed by atoms with Crippen LogP contribution in [0.4, 0.5) is 15.8 Å². The van der Waals surface area contributed by atoms with Crippen molar-refractivity contribution in [3.05, 3.63) is 58.9 Å². The molecule has 0 spiro atoms. The maximum atomic E-state index is 13.6. The Bertz CT molecular complexity index is 593. The number of rotatable bonds is 3. The first-order valence-corrected chi connectivity index (χ1v) is 6.36. The van der Waals surface area contributed by atoms with E-state index < -0.39 is 0 Å². The van der Waals surface area contributed by atoms with Gasteiger partial charge in [0.05, 0.1) is 0 Å². The molecule has 0 aliphatic rings. The van der Waals surface area contributed by atoms with E-state index in [1.165, 1.54) is 0 Å². The van der Waals surface area contributed by atoms with Crippen molar-refractivity contribution in [1.29, 1.82) is 0 Å². The Labute approximate surface area is 113 Å². The highest BCUT2D eigenvalue weighted by atomic mass is 19.1. The summed E-state index contributed by atoms with van der Waals surface area (Å²) in [6.45, 7) is 5.74. The van der Waals surface area contributed by atoms with Gasteiger partial charge in [-0.2, -0.15) is 0 Å². The number of nitrogen functional groups attached to an aromatic ring is 1. The predicted molar refractivity (Wildman–Crippen MR) is 78.8 cm³/mol. The summed E-state index contributed by atoms with van der Waals surface area (Å²) in [6, 6.07) is 11.2. The zero-order valence-corrected chi connectivity index (χ0v) is 11.5. The third-order valence-electron chi connectivity index (χ3n) is 3.35. The van der Waals surface area contributed by atoms with Gasteiger partial charge in [0.25, 0.3) is 0 Å². The summed E-state index contributed by atoms with van der Waals surface area (Å²) in [5.41, 5.74) is 10.2. The Kier molecular flexibility index (Phi) is 3.74. The molecule has 0 heterocycles. The van der Waals surface area contributed by atoms with E-state index in [4.69, 9.17) is 5.73 Å². The van der Waals surface area contributed by atoms with E-state index in [0.717, 1.165) is 22.5 Å². The number of hydrogen-bond donors (Lipinski definition) is 2. The van der Waals surface area contributed by atoms with Gasteiger partial charge < -0.3 is 11.1 Å². The van der Waals surface area contributed by atoms with Crippen LogP contribution in [-0.4, -0.2) is 0 Å². The molecule has 2 aromatic carbocycles. The van der Waals surface area contributed by atoms with Crippen molar-refractivity contribution < 1.29 is 4.39 Å². The highest BCUT2D eigenvalue weighted by Crippen LogP contribution is 2.23. The van der Waals surface area contributed by atoms with Crippen LogP contribution >= 0.6 is 0 Å². The van der Waals surface area contributed by atoms with Gasteiger partial charge in [0.15, 0.2) is 0 Å². The minimum atomic E-state index is -0.167. The molecule has 1 unspecified atom stereocenters. The zero-order valence-electron chi connectivity index (χ0n) is 11.5. The Hall–Kier alpha value is -2.03. The van der Waals surface area contributed by atoms with Gasteiger partial charge in [-0.15, -0.1) is 0 Å². The quantitative estimate of drug-likeness (QED) is 0.810. The fraction of sp³-hybridized carbons (Fsp3) is 0.250. The number of hydrogen-bond acceptors (Lipinski definition) is 2. The molecule has 0 radical (unpaired) electrons. The molecule has 0 saturated carbocycles. The SMILES string of the molecule is Cc1cc(NC(C)c2ccc(C)c(F)c2)ccc1N. The molecule has 0 fully saturated rings. The lowest BCUT2D eigenvalue weighted by Gasteiger charge is -2.17. The lowest BCUT2D eigenvalue weighted by molar-refractivity contribution is 0.614. The molecule has 2 nitrogen and oxygen atoms in total. The summed E-state index contributed by atoms with van der Waals surface area (Å²) >= 11 is 0. The number of nitrogens with two attached hydrogens (primary N) is 1. The van der Waals surface area contributed by atoms with E-state index in [1.807, 2.05) is 38.1 Å². The average molecular weight is 258 g/mol. The van der Waals surface area contributed by atoms with Crippen molar-refractivity contribution in [2.75, 3.05) is 11.1 Å². The minimum Gasteiger partial charge on any atom is -0.399 e. The van der Waals surface area contributed by atoms with Crippen LogP contribution in [0, 0.1) is 19.7 Å². The number of nitrogens with one attached hydrogen (secondary N) is 1. The Balaban J connectivity index is 2.17. The van der Waals surface area contributed by atoms with Gasteiger partial charge in [-0.3, -0.25) is 0 Å². The van der Waals surface area contributed by atoms with Crippen molar-refractivity contribution in [2.24, 2.45) is 0 Å². The van der Waals surface area contributed by atoms with Gasteiger partial charge in [0, 0.05) is 17.4 Å². The third-order valence-corrected chi connectivity index (χ3v) is 3.35. The second-order valence-corrected chi connectivity index (χ2v) is 4.95. The molecule has 0 aliphatic carbocycles. The topological polar surface area (TPSA) is 38.0 Å². The maximum absolute atomic E-state index is 13.6. The third kappa shape index (κ3) is 3.05. The van der Waals surface area contributed by atoms with Crippen molar-refractivity contribution >= 4 is 11.4 Å². The monoisotopic (exact) mass is 258 g/mol. The Morgan fingerprint density at radius 1 is 1.05 bits per heavy atom. The van der Waals surface area contributed by atoms with E-state index >= 15 is 0 Å². The summed E-state index contributed by atoms with van der Waals surface area (Å²) in [7, 11) is 0. The van der Waals surface area contributed by atoms with Crippen LogP contribution in [0.5, 0.6) is 0 Å². The molecule has 2 rings (SSSR count). The van der Waals surface area contributed by atoms with E-state index in [1.54, 1.807) is 19.1 Å². The highest BCUT2D eigenvalue weighted by molar-refractivity contribution is 5.57. The summed E-state index contributed by atoms with van der Waals surface area (Å²) < 4.78 is 13.6. The molecule has 0 bridgehead atoms. The van der Waals surface area contributed by atoms with Gasteiger partial charge in [-0.25, -0.2) is 4.39 Å². The maximum Gasteiger partial charge on any atom is 0.126 e. The highest BCUT2D eigenvalue weighted by Gasteiger charge is 2.08. The van der Waals surface area contributed by atoms with Crippen LogP contribution in [0.3, 0.4) is 0 Å². The first-order chi connectivity index (χ1) is 8.97. The van der Waals surface area contributed by atoms with Gasteiger partial charge in [-0.1, -0.05) is 12.1 Å². The fourth-order valence-electron chi connectivity index (χ4n) is 1.98. The fourth-order valence-corrected chi connectivity index (χ4v) is 1.98. The van der Waals surface area contributed by atoms with Crippen LogP contribution in [0.15, 0.2) is 36.4 Å². The summed E-state index contributed by atoms with van der Waals surface area (Å²) in [4.78, 5) is 0. The Morgan fingerprint density at radius 3 is 2.42 bits per heavy atom. The van der Waals surface area contributed by atoms with E-state index in [2.05, 4.69) is 5.32 Å². The van der Waals surface area contributed by atoms with Crippen LogP contribution in [0.2, 0.25) is 0 Å². The number of anilines is 2. The standard InChI is InChI=1S/C16H19FN2/c1-10-4-5-13(9-15(10)17)12(3)19-14-6-7-16(18)11(2)8-14/h4-9,12,19H,18H2,1-3H3. The molecule has 19 heavy (non-hydrogen) atoms. The van der Waals surface area contributed by atoms with Crippen molar-refractivity contribution in [1.82, 2.24) is 0 Å². The Morgan fingerprint density at radius 2 is 1.79 bits per heavy atom. The van der Waals surface area contributed by atoms with Crippen LogP contribution in [-0.2, 0) is 0 Å². The summed E-state index contributed by atoms with van der Waals surface area (Å²) in [6.07, 6.45) is 0. The van der Waals surface area contributed by atoms with Gasteiger partial charge >= 0.3 is 0 Å². The smallest absolute Gasteiger partial charge is 0.126 e. The molecular formula is C16H19FN2. The molecule has 2 aromatic rings. The first kappa shape index (κ1) is 13.4. The molecule has 3 heteroatoms. The molecule has 1 atom stereocenters. The van der Waals surface area contributed by atoms with Crippen molar-refractivity contribution in [3.8, 4) is 0 Å². The number of benzene rings is 2. The van der Waals surface area contributed by atoms with E-state index in [-0.39, 0.29) is 11.9 Å². The average Bonchev–Trinajstić information content (AvgIpc) is 2.37. The van der Waals surface area contributed by atoms with Gasteiger partial charge in [0.2, 0.25) is 0 Å². The first-order valence-electron chi connectivity index (χ1n) is 6.36. The molecule has 0 aromatic heterocycles. The zero-order chi connectivity index (χ0) is 14.0. The van der Waals surface area contributed by atoms with Crippen LogP contribution < -0.4 is 11.1 Å². The second-order valence-electron chi connectivity index (χ2n) is 4.95. The van der Waals surface area contributed by atoms with Crippen molar-refractivity contribution in [3.63, 3.8) is 0 Å². The second kappa shape index (κ2) is 5.31. The summed E-state index contributed by atoms with van der Waals surface area (Å²) in [5.74, 6) is -0.167. The number of aryl methyl sites for hydroxylation is 2. The van der Waals surface area contributed by atoms with Gasteiger partial charge in [-0.05, 0) is 61.7 Å².